The smallest absolute Gasteiger partial charge is 0.350 e. The minimum absolute atomic E-state index is 0.149. The van der Waals surface area contributed by atoms with Crippen molar-refractivity contribution in [2.45, 2.75) is 69.2 Å². The van der Waals surface area contributed by atoms with E-state index in [1.165, 1.54) is 0 Å². The lowest BCUT2D eigenvalue weighted by atomic mass is 9.72. The number of esters is 1. The fourth-order valence-corrected chi connectivity index (χ4v) is 5.32. The Morgan fingerprint density at radius 2 is 1.91 bits per heavy atom. The molecule has 2 aliphatic carbocycles. The molecule has 2 heterocycles. The SMILES string of the molecule is CC(=CCC12OC1(C(=O)OC1CCCC1)C(=O)c1ccccc1C2=O)CCC1=CCNC(N)=C1. The molecule has 2 fully saturated rings. The zero-order valence-corrected chi connectivity index (χ0v) is 19.4. The van der Waals surface area contributed by atoms with Crippen LogP contribution in [-0.2, 0) is 14.3 Å². The van der Waals surface area contributed by atoms with E-state index >= 15 is 0 Å². The van der Waals surface area contributed by atoms with Crippen LogP contribution in [0.15, 0.2) is 59.5 Å². The third-order valence-electron chi connectivity index (χ3n) is 7.38. The van der Waals surface area contributed by atoms with Crippen molar-refractivity contribution >= 4 is 17.5 Å². The van der Waals surface area contributed by atoms with Gasteiger partial charge >= 0.3 is 5.97 Å². The van der Waals surface area contributed by atoms with E-state index in [1.807, 2.05) is 19.1 Å². The Balaban J connectivity index is 1.39. The zero-order chi connectivity index (χ0) is 23.9. The summed E-state index contributed by atoms with van der Waals surface area (Å²) in [6.45, 7) is 2.69. The number of nitrogens with two attached hydrogens (primary N) is 1. The lowest BCUT2D eigenvalue weighted by molar-refractivity contribution is -0.153. The summed E-state index contributed by atoms with van der Waals surface area (Å²) >= 11 is 0. The van der Waals surface area contributed by atoms with E-state index in [1.54, 1.807) is 24.3 Å². The average molecular weight is 463 g/mol. The average Bonchev–Trinajstić information content (AvgIpc) is 3.29. The summed E-state index contributed by atoms with van der Waals surface area (Å²) in [5, 5.41) is 3.05. The molecular formula is C27H30N2O5. The van der Waals surface area contributed by atoms with Crippen molar-refractivity contribution in [3.05, 3.63) is 70.6 Å². The predicted octanol–water partition coefficient (Wildman–Crippen LogP) is 3.51. The van der Waals surface area contributed by atoms with Gasteiger partial charge in [-0.3, -0.25) is 9.59 Å². The molecule has 0 amide bonds. The minimum Gasteiger partial charge on any atom is -0.460 e. The van der Waals surface area contributed by atoms with Gasteiger partial charge in [-0.1, -0.05) is 42.0 Å². The number of carbonyl (C=O) groups is 3. The topological polar surface area (TPSA) is 111 Å². The summed E-state index contributed by atoms with van der Waals surface area (Å²) in [4.78, 5) is 40.4. The third-order valence-corrected chi connectivity index (χ3v) is 7.38. The van der Waals surface area contributed by atoms with E-state index < -0.39 is 23.0 Å². The van der Waals surface area contributed by atoms with Gasteiger partial charge in [0.25, 0.3) is 5.60 Å². The Morgan fingerprint density at radius 3 is 2.62 bits per heavy atom. The van der Waals surface area contributed by atoms with Gasteiger partial charge in [0.2, 0.25) is 5.78 Å². The third kappa shape index (κ3) is 3.59. The highest BCUT2D eigenvalue weighted by Crippen LogP contribution is 2.58. The van der Waals surface area contributed by atoms with Crippen LogP contribution in [0.2, 0.25) is 0 Å². The summed E-state index contributed by atoms with van der Waals surface area (Å²) in [6, 6.07) is 6.62. The van der Waals surface area contributed by atoms with E-state index in [4.69, 9.17) is 15.2 Å². The maximum absolute atomic E-state index is 13.6. The molecule has 1 aromatic carbocycles. The zero-order valence-electron chi connectivity index (χ0n) is 19.4. The van der Waals surface area contributed by atoms with E-state index in [-0.39, 0.29) is 23.9 Å². The number of Topliss-reactive ketones (excluding diaryl/α,β-unsaturated/α-hetero) is 2. The van der Waals surface area contributed by atoms with Crippen molar-refractivity contribution in [1.82, 2.24) is 5.32 Å². The number of hydrogen-bond acceptors (Lipinski definition) is 7. The molecule has 5 rings (SSSR count). The molecule has 1 saturated heterocycles. The van der Waals surface area contributed by atoms with Crippen molar-refractivity contribution < 1.29 is 23.9 Å². The molecule has 2 aliphatic heterocycles. The van der Waals surface area contributed by atoms with Crippen LogP contribution < -0.4 is 11.1 Å². The number of dihydropyridines is 1. The van der Waals surface area contributed by atoms with Crippen LogP contribution in [0.3, 0.4) is 0 Å². The molecular weight excluding hydrogens is 432 g/mol. The number of hydrogen-bond donors (Lipinski definition) is 2. The van der Waals surface area contributed by atoms with Gasteiger partial charge in [-0.2, -0.15) is 0 Å². The van der Waals surface area contributed by atoms with Gasteiger partial charge in [0.15, 0.2) is 11.4 Å². The first-order chi connectivity index (χ1) is 16.4. The fourth-order valence-electron chi connectivity index (χ4n) is 5.32. The summed E-state index contributed by atoms with van der Waals surface area (Å²) < 4.78 is 11.6. The van der Waals surface area contributed by atoms with Crippen LogP contribution in [0.5, 0.6) is 0 Å². The van der Waals surface area contributed by atoms with Crippen LogP contribution in [0.4, 0.5) is 0 Å². The first kappa shape index (κ1) is 22.6. The highest BCUT2D eigenvalue weighted by molar-refractivity contribution is 6.32. The highest BCUT2D eigenvalue weighted by atomic mass is 16.7. The van der Waals surface area contributed by atoms with Crippen molar-refractivity contribution in [2.75, 3.05) is 6.54 Å². The predicted molar refractivity (Wildman–Crippen MR) is 126 cm³/mol. The monoisotopic (exact) mass is 462 g/mol. The first-order valence-corrected chi connectivity index (χ1v) is 12.0. The van der Waals surface area contributed by atoms with Crippen molar-refractivity contribution in [1.29, 1.82) is 0 Å². The standard InChI is InChI=1S/C27H30N2O5/c1-17(10-11-18-13-15-29-22(28)16-18)12-14-26-23(30)20-8-4-5-9-21(20)24(31)27(26,34-26)25(32)33-19-6-2-3-7-19/h4-5,8-9,12-13,16,19,29H,2-3,6-7,10-11,14-15,28H2,1H3. The molecule has 1 saturated carbocycles. The molecule has 3 N–H and O–H groups in total. The van der Waals surface area contributed by atoms with Gasteiger partial charge in [-0.25, -0.2) is 4.79 Å². The number of carbonyl (C=O) groups excluding carboxylic acids is 3. The Labute approximate surface area is 199 Å². The minimum atomic E-state index is -1.88. The van der Waals surface area contributed by atoms with Gasteiger partial charge < -0.3 is 20.5 Å². The van der Waals surface area contributed by atoms with E-state index in [0.717, 1.165) is 49.7 Å². The number of allylic oxidation sites excluding steroid dienone is 3. The number of fused-ring (bicyclic) bond motifs is 2. The number of ether oxygens (including phenoxy) is 2. The van der Waals surface area contributed by atoms with Crippen LogP contribution in [0.1, 0.15) is 72.6 Å². The van der Waals surface area contributed by atoms with Gasteiger partial charge in [-0.15, -0.1) is 0 Å². The van der Waals surface area contributed by atoms with Crippen LogP contribution in [-0.4, -0.2) is 41.4 Å². The fraction of sp³-hybridized carbons (Fsp3) is 0.444. The molecule has 7 nitrogen and oxygen atoms in total. The maximum atomic E-state index is 13.6. The molecule has 0 aromatic heterocycles. The second-order valence-electron chi connectivity index (χ2n) is 9.64. The first-order valence-electron chi connectivity index (χ1n) is 12.0. The Morgan fingerprint density at radius 1 is 1.21 bits per heavy atom. The summed E-state index contributed by atoms with van der Waals surface area (Å²) in [5.74, 6) is -0.872. The summed E-state index contributed by atoms with van der Waals surface area (Å²) in [5.41, 5.74) is 5.16. The number of benzene rings is 1. The molecule has 0 bridgehead atoms. The second kappa shape index (κ2) is 8.55. The second-order valence-corrected chi connectivity index (χ2v) is 9.64. The molecule has 178 valence electrons. The molecule has 4 aliphatic rings. The van der Waals surface area contributed by atoms with Crippen LogP contribution in [0, 0.1) is 0 Å². The van der Waals surface area contributed by atoms with Gasteiger partial charge in [0.05, 0.1) is 5.82 Å². The molecule has 7 heteroatoms. The molecule has 34 heavy (non-hydrogen) atoms. The summed E-state index contributed by atoms with van der Waals surface area (Å²) in [7, 11) is 0. The molecule has 2 atom stereocenters. The molecule has 0 radical (unpaired) electrons. The van der Waals surface area contributed by atoms with Gasteiger partial charge in [0.1, 0.15) is 6.10 Å². The van der Waals surface area contributed by atoms with E-state index in [2.05, 4.69) is 11.4 Å². The van der Waals surface area contributed by atoms with Crippen molar-refractivity contribution in [2.24, 2.45) is 5.73 Å². The van der Waals surface area contributed by atoms with Crippen molar-refractivity contribution in [3.63, 3.8) is 0 Å². The number of ketones is 2. The lowest BCUT2D eigenvalue weighted by Crippen LogP contribution is -2.51. The number of epoxide rings is 1. The highest BCUT2D eigenvalue weighted by Gasteiger charge is 2.85. The van der Waals surface area contributed by atoms with Gasteiger partial charge in [0, 0.05) is 24.1 Å². The Hall–Kier alpha value is -3.19. The molecule has 1 aromatic rings. The maximum Gasteiger partial charge on any atom is 0.350 e. The van der Waals surface area contributed by atoms with Gasteiger partial charge in [-0.05, 0) is 57.1 Å². The normalized spacial score (nSPS) is 28.4. The van der Waals surface area contributed by atoms with E-state index in [9.17, 15) is 14.4 Å². The van der Waals surface area contributed by atoms with Crippen molar-refractivity contribution in [3.8, 4) is 0 Å². The Bertz CT molecular complexity index is 1140. The van der Waals surface area contributed by atoms with Crippen LogP contribution >= 0.6 is 0 Å². The number of rotatable bonds is 7. The van der Waals surface area contributed by atoms with Crippen LogP contribution in [0.25, 0.3) is 0 Å². The number of nitrogens with one attached hydrogen (secondary N) is 1. The summed E-state index contributed by atoms with van der Waals surface area (Å²) in [6.07, 6.45) is 11.0. The molecule has 0 spiro atoms. The Kier molecular flexibility index (Phi) is 5.68. The molecule has 2 unspecified atom stereocenters. The lowest BCUT2D eigenvalue weighted by Gasteiger charge is -2.24. The quantitative estimate of drug-likeness (QED) is 0.276. The van der Waals surface area contributed by atoms with E-state index in [0.29, 0.717) is 17.9 Å². The largest absolute Gasteiger partial charge is 0.460 e.